The molecule has 7 nitrogen and oxygen atoms in total. The first kappa shape index (κ1) is 17.0. The van der Waals surface area contributed by atoms with Gasteiger partial charge in [-0.3, -0.25) is 4.98 Å². The van der Waals surface area contributed by atoms with Gasteiger partial charge in [-0.2, -0.15) is 4.98 Å². The molecule has 1 aliphatic carbocycles. The molecule has 4 heterocycles. The summed E-state index contributed by atoms with van der Waals surface area (Å²) >= 11 is 0. The molecule has 27 heavy (non-hydrogen) atoms. The summed E-state index contributed by atoms with van der Waals surface area (Å²) in [6, 6.07) is 1.96. The van der Waals surface area contributed by atoms with E-state index in [4.69, 9.17) is 14.0 Å². The standard InChI is InChI=1S/C20H26N4O3/c1-19(2,3)18-22-17(23-27-18)14-6-16(26-8-13-4-5-13)15(7-21-14)24-9-20(10-24)11-25-12-20/h6-7,13H,4-5,8-12H2,1-3H3. The zero-order valence-corrected chi connectivity index (χ0v) is 16.2. The summed E-state index contributed by atoms with van der Waals surface area (Å²) in [5.74, 6) is 2.67. The van der Waals surface area contributed by atoms with Gasteiger partial charge in [-0.1, -0.05) is 25.9 Å². The zero-order chi connectivity index (χ0) is 18.6. The van der Waals surface area contributed by atoms with Crippen LogP contribution in [0.3, 0.4) is 0 Å². The topological polar surface area (TPSA) is 73.5 Å². The fraction of sp³-hybridized carbons (Fsp3) is 0.650. The van der Waals surface area contributed by atoms with E-state index in [-0.39, 0.29) is 5.41 Å². The number of anilines is 1. The van der Waals surface area contributed by atoms with Crippen molar-refractivity contribution in [3.63, 3.8) is 0 Å². The average molecular weight is 370 g/mol. The first-order valence-corrected chi connectivity index (χ1v) is 9.72. The second-order valence-electron chi connectivity index (χ2n) is 9.31. The number of aromatic nitrogens is 3. The number of ether oxygens (including phenoxy) is 2. The number of rotatable bonds is 5. The molecule has 5 rings (SSSR count). The van der Waals surface area contributed by atoms with E-state index in [0.717, 1.165) is 44.3 Å². The molecule has 0 N–H and O–H groups in total. The number of pyridine rings is 1. The van der Waals surface area contributed by atoms with Gasteiger partial charge in [-0.25, -0.2) is 0 Å². The van der Waals surface area contributed by atoms with E-state index in [1.807, 2.05) is 12.3 Å². The van der Waals surface area contributed by atoms with Gasteiger partial charge in [0, 0.05) is 24.6 Å². The molecule has 1 saturated carbocycles. The molecule has 7 heteroatoms. The van der Waals surface area contributed by atoms with Crippen molar-refractivity contribution in [3.05, 3.63) is 18.2 Å². The molecule has 3 aliphatic rings. The van der Waals surface area contributed by atoms with Gasteiger partial charge in [0.15, 0.2) is 0 Å². The Balaban J connectivity index is 1.41. The quantitative estimate of drug-likeness (QED) is 0.801. The van der Waals surface area contributed by atoms with Gasteiger partial charge in [0.25, 0.3) is 0 Å². The van der Waals surface area contributed by atoms with Gasteiger partial charge in [-0.15, -0.1) is 0 Å². The van der Waals surface area contributed by atoms with E-state index in [9.17, 15) is 0 Å². The summed E-state index contributed by atoms with van der Waals surface area (Å²) in [6.45, 7) is 10.7. The van der Waals surface area contributed by atoms with Gasteiger partial charge in [0.05, 0.1) is 37.1 Å². The fourth-order valence-electron chi connectivity index (χ4n) is 3.54. The zero-order valence-electron chi connectivity index (χ0n) is 16.2. The second-order valence-corrected chi connectivity index (χ2v) is 9.31. The van der Waals surface area contributed by atoms with Crippen LogP contribution in [-0.2, 0) is 10.2 Å². The lowest BCUT2D eigenvalue weighted by molar-refractivity contribution is -0.127. The van der Waals surface area contributed by atoms with Gasteiger partial charge in [0.2, 0.25) is 11.7 Å². The highest BCUT2D eigenvalue weighted by atomic mass is 16.5. The van der Waals surface area contributed by atoms with Crippen LogP contribution in [0.4, 0.5) is 5.69 Å². The van der Waals surface area contributed by atoms with Crippen molar-refractivity contribution in [2.24, 2.45) is 11.3 Å². The van der Waals surface area contributed by atoms with Gasteiger partial charge in [-0.05, 0) is 18.8 Å². The Bertz CT molecular complexity index is 841. The third-order valence-corrected chi connectivity index (χ3v) is 5.52. The van der Waals surface area contributed by atoms with E-state index < -0.39 is 0 Å². The number of hydrogen-bond donors (Lipinski definition) is 0. The summed E-state index contributed by atoms with van der Waals surface area (Å²) in [5, 5.41) is 4.12. The first-order chi connectivity index (χ1) is 12.9. The van der Waals surface area contributed by atoms with Crippen molar-refractivity contribution in [1.82, 2.24) is 15.1 Å². The molecule has 0 amide bonds. The monoisotopic (exact) mass is 370 g/mol. The smallest absolute Gasteiger partial charge is 0.232 e. The molecular formula is C20H26N4O3. The maximum Gasteiger partial charge on any atom is 0.232 e. The average Bonchev–Trinajstić information content (AvgIpc) is 3.23. The molecule has 0 atom stereocenters. The van der Waals surface area contributed by atoms with Crippen LogP contribution in [0.1, 0.15) is 39.5 Å². The van der Waals surface area contributed by atoms with E-state index in [1.54, 1.807) is 0 Å². The van der Waals surface area contributed by atoms with Crippen LogP contribution < -0.4 is 9.64 Å². The van der Waals surface area contributed by atoms with Crippen LogP contribution in [-0.4, -0.2) is 48.0 Å². The molecule has 0 unspecified atom stereocenters. The minimum atomic E-state index is -0.187. The molecule has 3 fully saturated rings. The Hall–Kier alpha value is -2.15. The van der Waals surface area contributed by atoms with Crippen LogP contribution in [0.5, 0.6) is 5.75 Å². The highest BCUT2D eigenvalue weighted by Crippen LogP contribution is 2.44. The third kappa shape index (κ3) is 3.18. The van der Waals surface area contributed by atoms with Crippen molar-refractivity contribution in [3.8, 4) is 17.3 Å². The summed E-state index contributed by atoms with van der Waals surface area (Å²) in [7, 11) is 0. The summed E-state index contributed by atoms with van der Waals surface area (Å²) in [4.78, 5) is 11.5. The summed E-state index contributed by atoms with van der Waals surface area (Å²) < 4.78 is 17.0. The molecule has 1 spiro atoms. The largest absolute Gasteiger partial charge is 0.491 e. The molecular weight excluding hydrogens is 344 g/mol. The lowest BCUT2D eigenvalue weighted by Crippen LogP contribution is -2.66. The maximum atomic E-state index is 6.17. The van der Waals surface area contributed by atoms with Crippen molar-refractivity contribution in [1.29, 1.82) is 0 Å². The van der Waals surface area contributed by atoms with Crippen molar-refractivity contribution < 1.29 is 14.0 Å². The number of nitrogens with zero attached hydrogens (tertiary/aromatic N) is 4. The molecule has 0 aromatic carbocycles. The Morgan fingerprint density at radius 2 is 2.04 bits per heavy atom. The summed E-state index contributed by atoms with van der Waals surface area (Å²) in [6.07, 6.45) is 4.41. The predicted octanol–water partition coefficient (Wildman–Crippen LogP) is 3.05. The Morgan fingerprint density at radius 3 is 2.63 bits per heavy atom. The van der Waals surface area contributed by atoms with Crippen molar-refractivity contribution in [2.45, 2.75) is 39.0 Å². The maximum absolute atomic E-state index is 6.17. The highest BCUT2D eigenvalue weighted by Gasteiger charge is 2.49. The van der Waals surface area contributed by atoms with Crippen LogP contribution in [0.25, 0.3) is 11.5 Å². The normalized spacial score (nSPS) is 21.1. The Kier molecular flexibility index (Phi) is 3.73. The van der Waals surface area contributed by atoms with Crippen LogP contribution in [0, 0.1) is 11.3 Å². The van der Waals surface area contributed by atoms with E-state index in [0.29, 0.717) is 28.7 Å². The highest BCUT2D eigenvalue weighted by molar-refractivity contribution is 5.65. The minimum Gasteiger partial charge on any atom is -0.491 e. The molecule has 0 bridgehead atoms. The van der Waals surface area contributed by atoms with Crippen LogP contribution in [0.15, 0.2) is 16.8 Å². The van der Waals surface area contributed by atoms with Crippen LogP contribution >= 0.6 is 0 Å². The lowest BCUT2D eigenvalue weighted by atomic mass is 9.78. The number of hydrogen-bond acceptors (Lipinski definition) is 7. The Labute approximate surface area is 159 Å². The molecule has 144 valence electrons. The molecule has 0 radical (unpaired) electrons. The SMILES string of the molecule is CC(C)(C)c1nc(-c2cc(OCC3CC3)c(N3CC4(COC4)C3)cn2)no1. The van der Waals surface area contributed by atoms with E-state index >= 15 is 0 Å². The van der Waals surface area contributed by atoms with E-state index in [2.05, 4.69) is 40.8 Å². The Morgan fingerprint density at radius 1 is 1.26 bits per heavy atom. The minimum absolute atomic E-state index is 0.187. The first-order valence-electron chi connectivity index (χ1n) is 9.72. The van der Waals surface area contributed by atoms with Crippen molar-refractivity contribution in [2.75, 3.05) is 37.8 Å². The second kappa shape index (κ2) is 5.92. The lowest BCUT2D eigenvalue weighted by Gasteiger charge is -2.56. The van der Waals surface area contributed by atoms with Gasteiger partial charge < -0.3 is 18.9 Å². The predicted molar refractivity (Wildman–Crippen MR) is 99.9 cm³/mol. The third-order valence-electron chi connectivity index (χ3n) is 5.52. The fourth-order valence-corrected chi connectivity index (χ4v) is 3.54. The molecule has 2 aromatic rings. The summed E-state index contributed by atoms with van der Waals surface area (Å²) in [5.41, 5.74) is 1.90. The molecule has 2 saturated heterocycles. The van der Waals surface area contributed by atoms with Gasteiger partial charge >= 0.3 is 0 Å². The molecule has 2 aliphatic heterocycles. The van der Waals surface area contributed by atoms with E-state index in [1.165, 1.54) is 12.8 Å². The van der Waals surface area contributed by atoms with Crippen molar-refractivity contribution >= 4 is 5.69 Å². The van der Waals surface area contributed by atoms with Crippen LogP contribution in [0.2, 0.25) is 0 Å². The van der Waals surface area contributed by atoms with Gasteiger partial charge in [0.1, 0.15) is 11.4 Å². The molecule has 2 aromatic heterocycles.